The number of carbonyl (C=O) groups excluding carboxylic acids is 1. The van der Waals surface area contributed by atoms with Crippen LogP contribution in [0.1, 0.15) is 10.5 Å². The fourth-order valence-electron chi connectivity index (χ4n) is 2.76. The summed E-state index contributed by atoms with van der Waals surface area (Å²) in [6, 6.07) is 17.5. The van der Waals surface area contributed by atoms with Crippen molar-refractivity contribution in [1.29, 1.82) is 0 Å². The number of amides is 1. The monoisotopic (exact) mass is 412 g/mol. The van der Waals surface area contributed by atoms with E-state index in [9.17, 15) is 4.79 Å². The number of aromatic nitrogens is 2. The predicted octanol–water partition coefficient (Wildman–Crippen LogP) is 4.12. The molecule has 2 aromatic carbocycles. The van der Waals surface area contributed by atoms with Gasteiger partial charge in [0.05, 0.1) is 11.2 Å². The molecule has 5 nitrogen and oxygen atoms in total. The molecule has 124 valence electrons. The molecule has 0 saturated heterocycles. The Balaban J connectivity index is 1.91. The van der Waals surface area contributed by atoms with E-state index in [1.165, 1.54) is 11.3 Å². The van der Waals surface area contributed by atoms with Crippen LogP contribution in [0.2, 0.25) is 0 Å². The van der Waals surface area contributed by atoms with Crippen molar-refractivity contribution in [3.05, 3.63) is 70.1 Å². The first-order chi connectivity index (χ1) is 12.2. The Morgan fingerprint density at radius 3 is 2.72 bits per heavy atom. The number of nitrogens with one attached hydrogen (secondary N) is 1. The minimum Gasteiger partial charge on any atom is -0.289 e. The van der Waals surface area contributed by atoms with Crippen LogP contribution in [0.25, 0.3) is 27.3 Å². The Morgan fingerprint density at radius 1 is 1.16 bits per heavy atom. The highest BCUT2D eigenvalue weighted by molar-refractivity contribution is 9.10. The van der Waals surface area contributed by atoms with Gasteiger partial charge in [0.2, 0.25) is 0 Å². The highest BCUT2D eigenvalue weighted by atomic mass is 79.9. The summed E-state index contributed by atoms with van der Waals surface area (Å²) in [4.78, 5) is 17.0. The van der Waals surface area contributed by atoms with Crippen LogP contribution in [0.5, 0.6) is 0 Å². The minimum absolute atomic E-state index is 0.353. The molecule has 0 atom stereocenters. The van der Waals surface area contributed by atoms with Gasteiger partial charge in [0.15, 0.2) is 5.13 Å². The number of halogens is 1. The summed E-state index contributed by atoms with van der Waals surface area (Å²) >= 11 is 5.03. The third-order valence-electron chi connectivity index (χ3n) is 3.91. The summed E-state index contributed by atoms with van der Waals surface area (Å²) in [7, 11) is 0. The van der Waals surface area contributed by atoms with Crippen molar-refractivity contribution in [1.82, 2.24) is 15.0 Å². The standard InChI is InChI=1S/C18H13BrN4OS/c19-13-7-3-2-6-12(13)14-10-25-18(21-14)23-15-8-4-1-5-11(15)9-16(23)17(24)22-20/h1-10H,20H2,(H,22,24). The Bertz CT molecular complexity index is 1090. The van der Waals surface area contributed by atoms with Gasteiger partial charge in [-0.2, -0.15) is 0 Å². The molecule has 2 heterocycles. The first kappa shape index (κ1) is 16.0. The van der Waals surface area contributed by atoms with Crippen LogP contribution in [0.4, 0.5) is 0 Å². The van der Waals surface area contributed by atoms with Crippen LogP contribution in [0, 0.1) is 0 Å². The third-order valence-corrected chi connectivity index (χ3v) is 5.42. The van der Waals surface area contributed by atoms with Gasteiger partial charge in [0.25, 0.3) is 5.91 Å². The lowest BCUT2D eigenvalue weighted by Gasteiger charge is -2.06. The number of para-hydroxylation sites is 1. The van der Waals surface area contributed by atoms with Crippen molar-refractivity contribution in [2.45, 2.75) is 0 Å². The van der Waals surface area contributed by atoms with Gasteiger partial charge in [-0.05, 0) is 18.2 Å². The van der Waals surface area contributed by atoms with E-state index in [0.29, 0.717) is 10.8 Å². The second-order valence-electron chi connectivity index (χ2n) is 5.39. The Morgan fingerprint density at radius 2 is 1.92 bits per heavy atom. The molecule has 7 heteroatoms. The first-order valence-corrected chi connectivity index (χ1v) is 9.18. The molecule has 1 amide bonds. The lowest BCUT2D eigenvalue weighted by Crippen LogP contribution is -2.31. The van der Waals surface area contributed by atoms with Crippen molar-refractivity contribution in [2.75, 3.05) is 0 Å². The maximum absolute atomic E-state index is 12.2. The maximum atomic E-state index is 12.2. The van der Waals surface area contributed by atoms with Gasteiger partial charge in [-0.3, -0.25) is 14.8 Å². The van der Waals surface area contributed by atoms with Gasteiger partial charge in [0.1, 0.15) is 5.69 Å². The lowest BCUT2D eigenvalue weighted by molar-refractivity contribution is 0.0947. The van der Waals surface area contributed by atoms with Crippen molar-refractivity contribution in [2.24, 2.45) is 5.84 Å². The molecule has 25 heavy (non-hydrogen) atoms. The molecule has 4 rings (SSSR count). The van der Waals surface area contributed by atoms with E-state index in [1.54, 1.807) is 0 Å². The highest BCUT2D eigenvalue weighted by Crippen LogP contribution is 2.32. The summed E-state index contributed by atoms with van der Waals surface area (Å²) in [6.07, 6.45) is 0. The molecule has 0 bridgehead atoms. The van der Waals surface area contributed by atoms with Crippen molar-refractivity contribution < 1.29 is 4.79 Å². The van der Waals surface area contributed by atoms with E-state index in [0.717, 1.165) is 26.6 Å². The quantitative estimate of drug-likeness (QED) is 0.302. The van der Waals surface area contributed by atoms with Gasteiger partial charge in [0, 0.05) is 20.8 Å². The number of hydrogen-bond donors (Lipinski definition) is 2. The van der Waals surface area contributed by atoms with Crippen LogP contribution >= 0.6 is 27.3 Å². The second kappa shape index (κ2) is 6.44. The third kappa shape index (κ3) is 2.76. The number of nitrogen functional groups attached to an aromatic ring is 1. The van der Waals surface area contributed by atoms with Crippen LogP contribution in [0.3, 0.4) is 0 Å². The largest absolute Gasteiger partial charge is 0.289 e. The second-order valence-corrected chi connectivity index (χ2v) is 7.08. The van der Waals surface area contributed by atoms with Crippen molar-refractivity contribution >= 4 is 44.1 Å². The topological polar surface area (TPSA) is 72.9 Å². The molecule has 4 aromatic rings. The smallest absolute Gasteiger partial charge is 0.282 e. The van der Waals surface area contributed by atoms with Crippen LogP contribution in [-0.2, 0) is 0 Å². The molecule has 0 radical (unpaired) electrons. The Labute approximate surface area is 156 Å². The molecular formula is C18H13BrN4OS. The predicted molar refractivity (Wildman–Crippen MR) is 104 cm³/mol. The van der Waals surface area contributed by atoms with E-state index in [-0.39, 0.29) is 5.91 Å². The number of benzene rings is 2. The van der Waals surface area contributed by atoms with Crippen LogP contribution in [0.15, 0.2) is 64.5 Å². The van der Waals surface area contributed by atoms with Gasteiger partial charge in [-0.15, -0.1) is 11.3 Å². The molecule has 0 unspecified atom stereocenters. The zero-order valence-electron chi connectivity index (χ0n) is 12.9. The maximum Gasteiger partial charge on any atom is 0.282 e. The summed E-state index contributed by atoms with van der Waals surface area (Å²) in [5, 5.41) is 3.65. The summed E-state index contributed by atoms with van der Waals surface area (Å²) in [5.41, 5.74) is 5.43. The number of thiazole rings is 1. The van der Waals surface area contributed by atoms with Gasteiger partial charge in [-0.1, -0.05) is 52.3 Å². The van der Waals surface area contributed by atoms with E-state index < -0.39 is 0 Å². The van der Waals surface area contributed by atoms with E-state index >= 15 is 0 Å². The SMILES string of the molecule is NNC(=O)c1cc2ccccc2n1-c1nc(-c2ccccc2Br)cs1. The van der Waals surface area contributed by atoms with Crippen LogP contribution in [-0.4, -0.2) is 15.5 Å². The van der Waals surface area contributed by atoms with Gasteiger partial charge >= 0.3 is 0 Å². The van der Waals surface area contributed by atoms with Crippen LogP contribution < -0.4 is 11.3 Å². The number of carbonyl (C=O) groups is 1. The number of hydrogen-bond acceptors (Lipinski definition) is 4. The first-order valence-electron chi connectivity index (χ1n) is 7.51. The fourth-order valence-corrected chi connectivity index (χ4v) is 4.10. The molecular weight excluding hydrogens is 400 g/mol. The average Bonchev–Trinajstić information content (AvgIpc) is 3.25. The molecule has 0 saturated carbocycles. The average molecular weight is 413 g/mol. The molecule has 0 aliphatic carbocycles. The number of rotatable bonds is 3. The molecule has 0 aliphatic rings. The summed E-state index contributed by atoms with van der Waals surface area (Å²) < 4.78 is 2.81. The molecule has 0 aliphatic heterocycles. The number of fused-ring (bicyclic) bond motifs is 1. The normalized spacial score (nSPS) is 11.0. The Hall–Kier alpha value is -2.48. The number of hydrazine groups is 1. The molecule has 0 spiro atoms. The van der Waals surface area contributed by atoms with Crippen molar-refractivity contribution in [3.8, 4) is 16.4 Å². The van der Waals surface area contributed by atoms with E-state index in [1.807, 2.05) is 64.5 Å². The fraction of sp³-hybridized carbons (Fsp3) is 0. The molecule has 3 N–H and O–H groups in total. The van der Waals surface area contributed by atoms with E-state index in [4.69, 9.17) is 10.8 Å². The number of nitrogens with zero attached hydrogens (tertiary/aromatic N) is 2. The van der Waals surface area contributed by atoms with Crippen molar-refractivity contribution in [3.63, 3.8) is 0 Å². The summed E-state index contributed by atoms with van der Waals surface area (Å²) in [6.45, 7) is 0. The number of nitrogens with two attached hydrogens (primary N) is 1. The lowest BCUT2D eigenvalue weighted by atomic mass is 10.2. The molecule has 0 fully saturated rings. The zero-order valence-corrected chi connectivity index (χ0v) is 15.3. The Kier molecular flexibility index (Phi) is 4.12. The van der Waals surface area contributed by atoms with E-state index in [2.05, 4.69) is 21.4 Å². The highest BCUT2D eigenvalue weighted by Gasteiger charge is 2.18. The zero-order chi connectivity index (χ0) is 17.4. The summed E-state index contributed by atoms with van der Waals surface area (Å²) in [5.74, 6) is 5.00. The van der Waals surface area contributed by atoms with Gasteiger partial charge in [-0.25, -0.2) is 10.8 Å². The molecule has 2 aromatic heterocycles. The minimum atomic E-state index is -0.353. The van der Waals surface area contributed by atoms with Gasteiger partial charge < -0.3 is 0 Å².